The Morgan fingerprint density at radius 3 is 2.50 bits per heavy atom. The van der Waals surface area contributed by atoms with Crippen molar-refractivity contribution in [2.45, 2.75) is 11.8 Å². The highest BCUT2D eigenvalue weighted by molar-refractivity contribution is 7.90. The second kappa shape index (κ2) is 7.10. The van der Waals surface area contributed by atoms with Crippen molar-refractivity contribution >= 4 is 38.9 Å². The molecule has 1 aromatic carbocycles. The Bertz CT molecular complexity index is 1040. The average Bonchev–Trinajstić information content (AvgIpc) is 3.25. The van der Waals surface area contributed by atoms with Crippen LogP contribution in [0.3, 0.4) is 0 Å². The Balaban J connectivity index is 1.77. The van der Waals surface area contributed by atoms with Crippen molar-refractivity contribution in [2.24, 2.45) is 0 Å². The van der Waals surface area contributed by atoms with Crippen molar-refractivity contribution in [1.82, 2.24) is 9.71 Å². The van der Waals surface area contributed by atoms with Crippen molar-refractivity contribution in [3.8, 4) is 10.6 Å². The van der Waals surface area contributed by atoms with Crippen LogP contribution in [0.25, 0.3) is 10.6 Å². The molecule has 134 valence electrons. The summed E-state index contributed by atoms with van der Waals surface area (Å²) in [5, 5.41) is 4.48. The molecule has 2 N–H and O–H groups in total. The molecule has 3 rings (SSSR count). The maximum absolute atomic E-state index is 12.4. The molecule has 0 aliphatic rings. The highest BCUT2D eigenvalue weighted by Gasteiger charge is 2.20. The summed E-state index contributed by atoms with van der Waals surface area (Å²) in [6, 6.07) is 9.03. The molecule has 0 saturated carbocycles. The maximum Gasteiger partial charge on any atom is 0.278 e. The Morgan fingerprint density at radius 1 is 1.15 bits per heavy atom. The number of aromatic nitrogens is 1. The molecule has 8 nitrogen and oxygen atoms in total. The van der Waals surface area contributed by atoms with Crippen molar-refractivity contribution in [3.63, 3.8) is 0 Å². The van der Waals surface area contributed by atoms with Gasteiger partial charge in [0, 0.05) is 12.6 Å². The smallest absolute Gasteiger partial charge is 0.278 e. The van der Waals surface area contributed by atoms with Crippen molar-refractivity contribution in [1.29, 1.82) is 0 Å². The minimum Gasteiger partial charge on any atom is -0.442 e. The molecule has 3 aromatic rings. The van der Waals surface area contributed by atoms with Gasteiger partial charge in [-0.2, -0.15) is 0 Å². The molecule has 0 saturated heterocycles. The van der Waals surface area contributed by atoms with Gasteiger partial charge in [-0.15, -0.1) is 11.3 Å². The summed E-state index contributed by atoms with van der Waals surface area (Å²) in [4.78, 5) is 28.0. The van der Waals surface area contributed by atoms with Crippen LogP contribution in [0.1, 0.15) is 17.4 Å². The van der Waals surface area contributed by atoms with Gasteiger partial charge in [0.15, 0.2) is 17.8 Å². The number of sulfonamides is 1. The van der Waals surface area contributed by atoms with E-state index in [9.17, 15) is 18.0 Å². The first-order valence-electron chi connectivity index (χ1n) is 7.29. The lowest BCUT2D eigenvalue weighted by Gasteiger charge is -2.07. The molecule has 0 radical (unpaired) electrons. The fraction of sp³-hybridized carbons (Fsp3) is 0.0625. The van der Waals surface area contributed by atoms with E-state index in [0.29, 0.717) is 11.4 Å². The predicted molar refractivity (Wildman–Crippen MR) is 95.2 cm³/mol. The monoisotopic (exact) mass is 391 g/mol. The van der Waals surface area contributed by atoms with E-state index < -0.39 is 21.8 Å². The molecule has 2 aromatic heterocycles. The molecule has 0 bridgehead atoms. The van der Waals surface area contributed by atoms with E-state index in [1.165, 1.54) is 42.0 Å². The largest absolute Gasteiger partial charge is 0.442 e. The number of nitrogens with zero attached hydrogens (tertiary/aromatic N) is 1. The summed E-state index contributed by atoms with van der Waals surface area (Å²) in [5.74, 6) is -0.809. The van der Waals surface area contributed by atoms with Crippen LogP contribution < -0.4 is 10.0 Å². The minimum absolute atomic E-state index is 0.0913. The summed E-state index contributed by atoms with van der Waals surface area (Å²) < 4.78 is 31.0. The third-order valence-electron chi connectivity index (χ3n) is 3.23. The van der Waals surface area contributed by atoms with Crippen LogP contribution in [0, 0.1) is 0 Å². The highest BCUT2D eigenvalue weighted by atomic mass is 32.2. The Labute approximate surface area is 152 Å². The third-order valence-corrected chi connectivity index (χ3v) is 5.55. The van der Waals surface area contributed by atoms with E-state index in [1.807, 2.05) is 22.2 Å². The first kappa shape index (κ1) is 17.8. The highest BCUT2D eigenvalue weighted by Crippen LogP contribution is 2.28. The lowest BCUT2D eigenvalue weighted by atomic mass is 10.2. The summed E-state index contributed by atoms with van der Waals surface area (Å²) in [5.41, 5.74) is 0.499. The molecule has 2 heterocycles. The third kappa shape index (κ3) is 3.81. The molecule has 0 aliphatic heterocycles. The molecule has 0 atom stereocenters. The fourth-order valence-corrected chi connectivity index (χ4v) is 3.85. The van der Waals surface area contributed by atoms with E-state index in [2.05, 4.69) is 10.3 Å². The van der Waals surface area contributed by atoms with Gasteiger partial charge in [0.1, 0.15) is 0 Å². The van der Waals surface area contributed by atoms with Gasteiger partial charge >= 0.3 is 0 Å². The number of nitrogens with one attached hydrogen (secondary N) is 2. The van der Waals surface area contributed by atoms with Gasteiger partial charge in [0.05, 0.1) is 9.77 Å². The summed E-state index contributed by atoms with van der Waals surface area (Å²) in [7, 11) is -3.92. The fourth-order valence-electron chi connectivity index (χ4n) is 2.15. The summed E-state index contributed by atoms with van der Waals surface area (Å²) in [6.45, 7) is 1.11. The average molecular weight is 391 g/mol. The molecule has 0 aliphatic carbocycles. The second-order valence-corrected chi connectivity index (χ2v) is 7.78. The Hall–Kier alpha value is -2.98. The second-order valence-electron chi connectivity index (χ2n) is 5.15. The summed E-state index contributed by atoms with van der Waals surface area (Å²) in [6.07, 6.45) is 1.19. The maximum atomic E-state index is 12.4. The molecular weight excluding hydrogens is 378 g/mol. The van der Waals surface area contributed by atoms with E-state index in [-0.39, 0.29) is 10.6 Å². The van der Waals surface area contributed by atoms with E-state index >= 15 is 0 Å². The number of hydrogen-bond acceptors (Lipinski definition) is 7. The van der Waals surface area contributed by atoms with Crippen molar-refractivity contribution < 1.29 is 22.4 Å². The molecule has 0 fully saturated rings. The SMILES string of the molecule is CC(=O)NS(=O)(=O)c1ccc(NC(=O)c2ncoc2-c2cccs2)cc1. The molecule has 0 spiro atoms. The zero-order valence-corrected chi connectivity index (χ0v) is 15.1. The van der Waals surface area contributed by atoms with Crippen LogP contribution in [0.5, 0.6) is 0 Å². The van der Waals surface area contributed by atoms with Crippen molar-refractivity contribution in [3.05, 3.63) is 53.9 Å². The zero-order chi connectivity index (χ0) is 18.7. The van der Waals surface area contributed by atoms with Crippen LogP contribution in [0.4, 0.5) is 5.69 Å². The van der Waals surface area contributed by atoms with Crippen LogP contribution >= 0.6 is 11.3 Å². The summed E-state index contributed by atoms with van der Waals surface area (Å²) >= 11 is 1.41. The van der Waals surface area contributed by atoms with Crippen LogP contribution in [0.2, 0.25) is 0 Å². The Kier molecular flexibility index (Phi) is 4.87. The predicted octanol–water partition coefficient (Wildman–Crippen LogP) is 2.48. The van der Waals surface area contributed by atoms with Gasteiger partial charge in [-0.25, -0.2) is 18.1 Å². The number of carbonyl (C=O) groups is 2. The number of oxazole rings is 1. The molecule has 26 heavy (non-hydrogen) atoms. The van der Waals surface area contributed by atoms with Crippen molar-refractivity contribution in [2.75, 3.05) is 5.32 Å². The molecular formula is C16H13N3O5S2. The van der Waals surface area contributed by atoms with Gasteiger partial charge in [-0.1, -0.05) is 6.07 Å². The van der Waals surface area contributed by atoms with Gasteiger partial charge in [0.2, 0.25) is 5.91 Å². The van der Waals surface area contributed by atoms with Gasteiger partial charge < -0.3 is 9.73 Å². The molecule has 10 heteroatoms. The number of hydrogen-bond donors (Lipinski definition) is 2. The number of anilines is 1. The van der Waals surface area contributed by atoms with Crippen LogP contribution in [0.15, 0.2) is 57.5 Å². The normalized spacial score (nSPS) is 11.1. The minimum atomic E-state index is -3.92. The number of benzene rings is 1. The van der Waals surface area contributed by atoms with E-state index in [1.54, 1.807) is 0 Å². The number of amides is 2. The number of thiophene rings is 1. The first-order valence-corrected chi connectivity index (χ1v) is 9.65. The lowest BCUT2D eigenvalue weighted by Crippen LogP contribution is -2.28. The first-order chi connectivity index (χ1) is 12.4. The number of carbonyl (C=O) groups excluding carboxylic acids is 2. The standard InChI is InChI=1S/C16H13N3O5S2/c1-10(20)19-26(22,23)12-6-4-11(5-7-12)18-16(21)14-15(24-9-17-14)13-3-2-8-25-13/h2-9H,1H3,(H,18,21)(H,19,20). The molecule has 0 unspecified atom stereocenters. The topological polar surface area (TPSA) is 118 Å². The van der Waals surface area contributed by atoms with Gasteiger partial charge in [-0.3, -0.25) is 9.59 Å². The number of rotatable bonds is 5. The zero-order valence-electron chi connectivity index (χ0n) is 13.4. The van der Waals surface area contributed by atoms with Crippen LogP contribution in [-0.2, 0) is 14.8 Å². The van der Waals surface area contributed by atoms with Gasteiger partial charge in [-0.05, 0) is 35.7 Å². The van der Waals surface area contributed by atoms with Gasteiger partial charge in [0.25, 0.3) is 15.9 Å². The quantitative estimate of drug-likeness (QED) is 0.690. The van der Waals surface area contributed by atoms with E-state index in [0.717, 1.165) is 11.8 Å². The lowest BCUT2D eigenvalue weighted by molar-refractivity contribution is -0.117. The van der Waals surface area contributed by atoms with E-state index in [4.69, 9.17) is 4.42 Å². The Morgan fingerprint density at radius 2 is 1.88 bits per heavy atom. The molecule has 2 amide bonds. The van der Waals surface area contributed by atoms with Crippen LogP contribution in [-0.4, -0.2) is 25.2 Å².